The molecule has 0 aromatic carbocycles. The van der Waals surface area contributed by atoms with E-state index in [1.807, 2.05) is 6.92 Å². The SMILES string of the molecule is C=C(C)c1cc(=O)c2cc(CC)c(N)oc-2c1F. The molecule has 18 heavy (non-hydrogen) atoms. The minimum Gasteiger partial charge on any atom is -0.437 e. The van der Waals surface area contributed by atoms with Crippen molar-refractivity contribution in [2.45, 2.75) is 20.3 Å². The minimum atomic E-state index is -0.591. The zero-order valence-electron chi connectivity index (χ0n) is 10.3. The van der Waals surface area contributed by atoms with Crippen LogP contribution in [0.15, 0.2) is 27.9 Å². The molecule has 0 aromatic rings. The van der Waals surface area contributed by atoms with E-state index >= 15 is 0 Å². The first kappa shape index (κ1) is 12.4. The van der Waals surface area contributed by atoms with Crippen LogP contribution >= 0.6 is 0 Å². The number of fused-ring (bicyclic) bond motifs is 1. The molecule has 2 rings (SSSR count). The average Bonchev–Trinajstić information content (AvgIpc) is 2.32. The molecule has 3 nitrogen and oxygen atoms in total. The molecule has 0 atom stereocenters. The first-order valence-electron chi connectivity index (χ1n) is 5.66. The van der Waals surface area contributed by atoms with Crippen LogP contribution in [0.25, 0.3) is 16.9 Å². The minimum absolute atomic E-state index is 0.102. The summed E-state index contributed by atoms with van der Waals surface area (Å²) in [7, 11) is 0. The first-order valence-corrected chi connectivity index (χ1v) is 5.66. The van der Waals surface area contributed by atoms with Gasteiger partial charge in [0.1, 0.15) is 0 Å². The van der Waals surface area contributed by atoms with Gasteiger partial charge in [-0.2, -0.15) is 0 Å². The Morgan fingerprint density at radius 3 is 2.72 bits per heavy atom. The van der Waals surface area contributed by atoms with Crippen LogP contribution in [0.2, 0.25) is 0 Å². The monoisotopic (exact) mass is 247 g/mol. The summed E-state index contributed by atoms with van der Waals surface area (Å²) in [6.45, 7) is 7.16. The fraction of sp³-hybridized carbons (Fsp3) is 0.214. The number of hydrogen-bond acceptors (Lipinski definition) is 3. The highest BCUT2D eigenvalue weighted by Gasteiger charge is 2.21. The van der Waals surface area contributed by atoms with E-state index in [1.165, 1.54) is 6.07 Å². The van der Waals surface area contributed by atoms with Crippen LogP contribution in [-0.2, 0) is 6.42 Å². The number of rotatable bonds is 2. The highest BCUT2D eigenvalue weighted by atomic mass is 19.1. The van der Waals surface area contributed by atoms with Crippen LogP contribution in [0.1, 0.15) is 25.0 Å². The number of nitrogen functional groups attached to an aromatic ring is 1. The lowest BCUT2D eigenvalue weighted by atomic mass is 10.00. The lowest BCUT2D eigenvalue weighted by molar-refractivity contribution is 0.520. The Balaban J connectivity index is 2.89. The average molecular weight is 247 g/mol. The van der Waals surface area contributed by atoms with Crippen LogP contribution in [0, 0.1) is 5.82 Å². The summed E-state index contributed by atoms with van der Waals surface area (Å²) in [5.41, 5.74) is 6.94. The van der Waals surface area contributed by atoms with Gasteiger partial charge in [-0.05, 0) is 31.1 Å². The van der Waals surface area contributed by atoms with E-state index < -0.39 is 5.82 Å². The molecule has 94 valence electrons. The van der Waals surface area contributed by atoms with Crippen molar-refractivity contribution in [3.8, 4) is 11.3 Å². The van der Waals surface area contributed by atoms with Crippen LogP contribution in [0.4, 0.5) is 10.3 Å². The maximum absolute atomic E-state index is 14.2. The van der Waals surface area contributed by atoms with Gasteiger partial charge in [0.05, 0.1) is 5.56 Å². The molecule has 2 N–H and O–H groups in total. The molecule has 0 saturated heterocycles. The molecule has 1 aliphatic carbocycles. The fourth-order valence-corrected chi connectivity index (χ4v) is 1.87. The lowest BCUT2D eigenvalue weighted by Gasteiger charge is -2.12. The summed E-state index contributed by atoms with van der Waals surface area (Å²) >= 11 is 0. The van der Waals surface area contributed by atoms with E-state index in [0.717, 1.165) is 0 Å². The molecular weight excluding hydrogens is 233 g/mol. The summed E-state index contributed by atoms with van der Waals surface area (Å²) in [5.74, 6) is -0.552. The van der Waals surface area contributed by atoms with Gasteiger partial charge >= 0.3 is 0 Å². The maximum atomic E-state index is 14.2. The lowest BCUT2D eigenvalue weighted by Crippen LogP contribution is -2.11. The largest absolute Gasteiger partial charge is 0.437 e. The number of nitrogens with two attached hydrogens (primary N) is 1. The summed E-state index contributed by atoms with van der Waals surface area (Å²) in [6, 6.07) is 2.83. The van der Waals surface area contributed by atoms with Gasteiger partial charge in [0, 0.05) is 11.1 Å². The number of allylic oxidation sites excluding steroid dienone is 1. The van der Waals surface area contributed by atoms with Crippen molar-refractivity contribution in [1.82, 2.24) is 0 Å². The Bertz CT molecular complexity index is 658. The van der Waals surface area contributed by atoms with Gasteiger partial charge in [0.25, 0.3) is 0 Å². The number of benzene rings is 1. The molecule has 0 amide bonds. The predicted molar refractivity (Wildman–Crippen MR) is 70.1 cm³/mol. The molecule has 0 fully saturated rings. The molecule has 1 heterocycles. The summed E-state index contributed by atoms with van der Waals surface area (Å²) in [5, 5.41) is 0. The van der Waals surface area contributed by atoms with E-state index in [1.54, 1.807) is 13.0 Å². The van der Waals surface area contributed by atoms with E-state index in [0.29, 0.717) is 17.6 Å². The number of aryl methyl sites for hydroxylation is 1. The molecule has 0 aromatic heterocycles. The van der Waals surface area contributed by atoms with Gasteiger partial charge in [-0.25, -0.2) is 4.39 Å². The Labute approximate surface area is 104 Å². The van der Waals surface area contributed by atoms with Crippen LogP contribution < -0.4 is 11.2 Å². The predicted octanol–water partition coefficient (Wildman–Crippen LogP) is 3.06. The van der Waals surface area contributed by atoms with E-state index in [9.17, 15) is 9.18 Å². The Morgan fingerprint density at radius 1 is 1.50 bits per heavy atom. The molecule has 0 unspecified atom stereocenters. The summed E-state index contributed by atoms with van der Waals surface area (Å²) in [4.78, 5) is 11.9. The molecule has 0 saturated carbocycles. The molecule has 0 bridgehead atoms. The normalized spacial score (nSPS) is 10.8. The zero-order chi connectivity index (χ0) is 13.4. The molecule has 0 spiro atoms. The van der Waals surface area contributed by atoms with Crippen molar-refractivity contribution in [3.05, 3.63) is 45.9 Å². The first-order chi connectivity index (χ1) is 8.45. The van der Waals surface area contributed by atoms with Crippen molar-refractivity contribution >= 4 is 11.5 Å². The van der Waals surface area contributed by atoms with E-state index in [2.05, 4.69) is 6.58 Å². The van der Waals surface area contributed by atoms with Crippen molar-refractivity contribution < 1.29 is 8.81 Å². The van der Waals surface area contributed by atoms with E-state index in [4.69, 9.17) is 10.2 Å². The molecular formula is C14H14FNO2. The second-order valence-corrected chi connectivity index (χ2v) is 4.25. The topological polar surface area (TPSA) is 56.2 Å². The van der Waals surface area contributed by atoms with Crippen molar-refractivity contribution in [3.63, 3.8) is 0 Å². The van der Waals surface area contributed by atoms with Crippen molar-refractivity contribution in [2.24, 2.45) is 0 Å². The van der Waals surface area contributed by atoms with Crippen LogP contribution in [-0.4, -0.2) is 0 Å². The van der Waals surface area contributed by atoms with Gasteiger partial charge in [-0.15, -0.1) is 0 Å². The Morgan fingerprint density at radius 2 is 2.17 bits per heavy atom. The van der Waals surface area contributed by atoms with Crippen molar-refractivity contribution in [2.75, 3.05) is 5.73 Å². The smallest absolute Gasteiger partial charge is 0.194 e. The molecule has 0 radical (unpaired) electrons. The standard InChI is InChI=1S/C14H14FNO2/c1-4-8-5-10-11(17)6-9(7(2)3)12(15)13(10)18-14(8)16/h5-6H,2,4,16H2,1,3H3. The van der Waals surface area contributed by atoms with Gasteiger partial charge in [0.2, 0.25) is 0 Å². The quantitative estimate of drug-likeness (QED) is 0.887. The molecule has 4 heteroatoms. The third-order valence-electron chi connectivity index (χ3n) is 2.91. The Hall–Kier alpha value is -2.10. The van der Waals surface area contributed by atoms with Gasteiger partial charge in [-0.3, -0.25) is 4.79 Å². The van der Waals surface area contributed by atoms with E-state index in [-0.39, 0.29) is 28.2 Å². The third-order valence-corrected chi connectivity index (χ3v) is 2.91. The molecule has 2 aliphatic rings. The van der Waals surface area contributed by atoms with Crippen molar-refractivity contribution in [1.29, 1.82) is 0 Å². The van der Waals surface area contributed by atoms with Crippen LogP contribution in [0.5, 0.6) is 0 Å². The highest BCUT2D eigenvalue weighted by molar-refractivity contribution is 5.72. The number of anilines is 1. The fourth-order valence-electron chi connectivity index (χ4n) is 1.87. The summed E-state index contributed by atoms with van der Waals surface area (Å²) < 4.78 is 19.4. The second-order valence-electron chi connectivity index (χ2n) is 4.25. The molecule has 1 aliphatic heterocycles. The number of hydrogen-bond donors (Lipinski definition) is 1. The van der Waals surface area contributed by atoms with Gasteiger partial charge in [-0.1, -0.05) is 13.5 Å². The maximum Gasteiger partial charge on any atom is 0.194 e. The Kier molecular flexibility index (Phi) is 2.95. The number of halogens is 1. The summed E-state index contributed by atoms with van der Waals surface area (Å²) in [6.07, 6.45) is 0.620. The zero-order valence-corrected chi connectivity index (χ0v) is 10.3. The highest BCUT2D eigenvalue weighted by Crippen LogP contribution is 2.31. The third kappa shape index (κ3) is 1.79. The van der Waals surface area contributed by atoms with Crippen LogP contribution in [0.3, 0.4) is 0 Å². The second kappa shape index (κ2) is 4.29. The van der Waals surface area contributed by atoms with Gasteiger partial charge in [0.15, 0.2) is 22.9 Å². The van der Waals surface area contributed by atoms with Gasteiger partial charge < -0.3 is 10.2 Å².